The molecule has 0 unspecified atom stereocenters. The molecule has 1 N–H and O–H groups in total. The number of aryl methyl sites for hydroxylation is 1. The number of halogens is 1. The second-order valence-electron chi connectivity index (χ2n) is 8.28. The predicted octanol–water partition coefficient (Wildman–Crippen LogP) is 6.44. The van der Waals surface area contributed by atoms with Crippen LogP contribution in [0.1, 0.15) is 34.7 Å². The third kappa shape index (κ3) is 3.79. The van der Waals surface area contributed by atoms with E-state index in [0.717, 1.165) is 38.7 Å². The van der Waals surface area contributed by atoms with E-state index in [1.54, 1.807) is 7.11 Å². The number of benzene rings is 2. The molecule has 7 heteroatoms. The number of methoxy groups -OCH3 is 1. The van der Waals surface area contributed by atoms with Gasteiger partial charge in [0.25, 0.3) is 0 Å². The summed E-state index contributed by atoms with van der Waals surface area (Å²) >= 11 is 9.63. The Morgan fingerprint density at radius 1 is 0.971 bits per heavy atom. The molecular weight excluding hydrogens is 508 g/mol. The Bertz CT molecular complexity index is 1350. The first kappa shape index (κ1) is 22.6. The number of anilines is 1. The quantitative estimate of drug-likeness (QED) is 0.299. The van der Waals surface area contributed by atoms with Crippen LogP contribution in [0.3, 0.4) is 0 Å². The van der Waals surface area contributed by atoms with Crippen molar-refractivity contribution in [1.82, 2.24) is 14.9 Å². The van der Waals surface area contributed by atoms with Crippen molar-refractivity contribution in [1.29, 1.82) is 0 Å². The average molecular weight is 533 g/mol. The van der Waals surface area contributed by atoms with Gasteiger partial charge in [0.1, 0.15) is 5.75 Å². The number of ether oxygens (including phenoxy) is 1. The van der Waals surface area contributed by atoms with Crippen LogP contribution in [0.5, 0.6) is 5.75 Å². The lowest BCUT2D eigenvalue weighted by molar-refractivity contribution is 0.414. The molecule has 0 spiro atoms. The molecule has 0 bridgehead atoms. The van der Waals surface area contributed by atoms with Crippen LogP contribution in [0.2, 0.25) is 0 Å². The number of para-hydroxylation sites is 3. The van der Waals surface area contributed by atoms with E-state index in [0.29, 0.717) is 5.11 Å². The van der Waals surface area contributed by atoms with Crippen LogP contribution in [-0.4, -0.2) is 21.8 Å². The first-order valence-electron chi connectivity index (χ1n) is 11.1. The van der Waals surface area contributed by atoms with E-state index in [9.17, 15) is 0 Å². The lowest BCUT2D eigenvalue weighted by Crippen LogP contribution is -2.30. The number of hydrogen-bond acceptors (Lipinski definition) is 3. The molecule has 4 aromatic rings. The molecule has 0 aliphatic carbocycles. The van der Waals surface area contributed by atoms with Gasteiger partial charge in [-0.05, 0) is 90.0 Å². The molecule has 2 aromatic heterocycles. The molecule has 2 atom stereocenters. The van der Waals surface area contributed by atoms with Crippen molar-refractivity contribution in [3.05, 3.63) is 106 Å². The summed E-state index contributed by atoms with van der Waals surface area (Å²) < 4.78 is 9.06. The highest BCUT2D eigenvalue weighted by atomic mass is 79.9. The topological polar surface area (TPSA) is 42.3 Å². The lowest BCUT2D eigenvalue weighted by atomic mass is 9.96. The van der Waals surface area contributed by atoms with E-state index in [4.69, 9.17) is 17.0 Å². The van der Waals surface area contributed by atoms with Gasteiger partial charge in [0.05, 0.1) is 36.3 Å². The van der Waals surface area contributed by atoms with Crippen LogP contribution in [0.25, 0.3) is 5.69 Å². The first-order valence-corrected chi connectivity index (χ1v) is 12.3. The average Bonchev–Trinajstić information content (AvgIpc) is 3.35. The molecule has 0 amide bonds. The molecule has 5 rings (SSSR count). The number of rotatable bonds is 5. The Balaban J connectivity index is 1.72. The van der Waals surface area contributed by atoms with E-state index in [2.05, 4.69) is 73.8 Å². The summed E-state index contributed by atoms with van der Waals surface area (Å²) in [5.41, 5.74) is 6.46. The summed E-state index contributed by atoms with van der Waals surface area (Å²) in [4.78, 5) is 6.84. The molecule has 1 aliphatic heterocycles. The van der Waals surface area contributed by atoms with Gasteiger partial charge in [-0.2, -0.15) is 0 Å². The fraction of sp³-hybridized carbons (Fsp3) is 0.185. The number of nitrogens with zero attached hydrogens (tertiary/aromatic N) is 3. The molecule has 2 aromatic carbocycles. The smallest absolute Gasteiger partial charge is 0.174 e. The minimum Gasteiger partial charge on any atom is -0.495 e. The maximum atomic E-state index is 5.90. The maximum absolute atomic E-state index is 5.90. The van der Waals surface area contributed by atoms with Crippen molar-refractivity contribution >= 4 is 38.9 Å². The molecule has 3 heterocycles. The number of nitrogens with one attached hydrogen (secondary N) is 1. The van der Waals surface area contributed by atoms with Crippen molar-refractivity contribution in [3.8, 4) is 11.4 Å². The van der Waals surface area contributed by atoms with Crippen LogP contribution in [0.15, 0.2) is 83.5 Å². The van der Waals surface area contributed by atoms with Gasteiger partial charge in [-0.3, -0.25) is 4.98 Å². The second kappa shape index (κ2) is 9.24. The minimum absolute atomic E-state index is 0.110. The Labute approximate surface area is 213 Å². The monoisotopic (exact) mass is 532 g/mol. The first-order chi connectivity index (χ1) is 16.5. The Morgan fingerprint density at radius 3 is 2.38 bits per heavy atom. The van der Waals surface area contributed by atoms with Crippen LogP contribution in [0, 0.1) is 13.8 Å². The molecule has 0 saturated carbocycles. The van der Waals surface area contributed by atoms with Gasteiger partial charge in [-0.15, -0.1) is 0 Å². The van der Waals surface area contributed by atoms with E-state index >= 15 is 0 Å². The Hall–Kier alpha value is -3.16. The van der Waals surface area contributed by atoms with Gasteiger partial charge < -0.3 is 19.5 Å². The van der Waals surface area contributed by atoms with Crippen molar-refractivity contribution in [2.45, 2.75) is 25.9 Å². The summed E-state index contributed by atoms with van der Waals surface area (Å²) in [5, 5.41) is 4.20. The summed E-state index contributed by atoms with van der Waals surface area (Å²) in [7, 11) is 1.69. The fourth-order valence-electron chi connectivity index (χ4n) is 4.85. The van der Waals surface area contributed by atoms with Gasteiger partial charge in [0, 0.05) is 22.1 Å². The lowest BCUT2D eigenvalue weighted by Gasteiger charge is -2.29. The summed E-state index contributed by atoms with van der Waals surface area (Å²) in [6, 6.07) is 24.3. The highest BCUT2D eigenvalue weighted by Gasteiger charge is 2.43. The number of hydrogen-bond donors (Lipinski definition) is 1. The van der Waals surface area contributed by atoms with Crippen LogP contribution < -0.4 is 15.0 Å². The van der Waals surface area contributed by atoms with Crippen molar-refractivity contribution in [3.63, 3.8) is 0 Å². The summed E-state index contributed by atoms with van der Waals surface area (Å²) in [6.07, 6.45) is 1.83. The van der Waals surface area contributed by atoms with E-state index in [1.165, 1.54) is 5.56 Å². The molecule has 172 valence electrons. The zero-order valence-corrected chi connectivity index (χ0v) is 21.6. The van der Waals surface area contributed by atoms with Crippen LogP contribution in [-0.2, 0) is 0 Å². The molecule has 34 heavy (non-hydrogen) atoms. The van der Waals surface area contributed by atoms with Crippen molar-refractivity contribution in [2.24, 2.45) is 0 Å². The third-order valence-electron chi connectivity index (χ3n) is 6.33. The van der Waals surface area contributed by atoms with Crippen LogP contribution in [0.4, 0.5) is 5.69 Å². The fourth-order valence-corrected chi connectivity index (χ4v) is 5.65. The van der Waals surface area contributed by atoms with Gasteiger partial charge in [-0.25, -0.2) is 0 Å². The second-order valence-corrected chi connectivity index (χ2v) is 9.52. The Kier molecular flexibility index (Phi) is 6.15. The predicted molar refractivity (Wildman–Crippen MR) is 144 cm³/mol. The van der Waals surface area contributed by atoms with Crippen molar-refractivity contribution in [2.75, 3.05) is 12.0 Å². The molecule has 1 fully saturated rings. The SMILES string of the molecule is COc1ccccc1N1C(=S)N[C@H](c2ccccn2)[C@@H]1c1cc(C)n(-c2ccccc2Br)c1C. The molecule has 1 aliphatic rings. The van der Waals surface area contributed by atoms with Gasteiger partial charge in [-0.1, -0.05) is 30.3 Å². The van der Waals surface area contributed by atoms with Gasteiger partial charge in [0.15, 0.2) is 5.11 Å². The van der Waals surface area contributed by atoms with Gasteiger partial charge >= 0.3 is 0 Å². The van der Waals surface area contributed by atoms with Gasteiger partial charge in [0.2, 0.25) is 0 Å². The molecular formula is C27H25BrN4OS. The van der Waals surface area contributed by atoms with Crippen molar-refractivity contribution < 1.29 is 4.74 Å². The maximum Gasteiger partial charge on any atom is 0.174 e. The molecule has 5 nitrogen and oxygen atoms in total. The van der Waals surface area contributed by atoms with E-state index < -0.39 is 0 Å². The third-order valence-corrected chi connectivity index (χ3v) is 7.31. The normalized spacial score (nSPS) is 17.6. The zero-order valence-electron chi connectivity index (χ0n) is 19.2. The van der Waals surface area contributed by atoms with E-state index in [1.807, 2.05) is 54.7 Å². The minimum atomic E-state index is -0.119. The molecule has 0 radical (unpaired) electrons. The highest BCUT2D eigenvalue weighted by Crippen LogP contribution is 2.46. The Morgan fingerprint density at radius 2 is 1.68 bits per heavy atom. The number of pyridine rings is 1. The number of aromatic nitrogens is 2. The standard InChI is InChI=1S/C27H25BrN4OS/c1-17-16-19(18(2)31(17)22-12-5-4-10-20(22)28)26-25(21-11-8-9-15-29-21)30-27(34)32(26)23-13-6-7-14-24(23)33-3/h4-16,25-26H,1-3H3,(H,30,34)/t25-,26+/m1/s1. The van der Waals surface area contributed by atoms with E-state index in [-0.39, 0.29) is 12.1 Å². The highest BCUT2D eigenvalue weighted by molar-refractivity contribution is 9.10. The van der Waals surface area contributed by atoms with Crippen LogP contribution >= 0.6 is 28.1 Å². The summed E-state index contributed by atoms with van der Waals surface area (Å²) in [5.74, 6) is 0.776. The molecule has 1 saturated heterocycles. The number of thiocarbonyl (C=S) groups is 1. The zero-order chi connectivity index (χ0) is 23.8. The summed E-state index contributed by atoms with van der Waals surface area (Å²) in [6.45, 7) is 4.30. The largest absolute Gasteiger partial charge is 0.495 e.